The van der Waals surface area contributed by atoms with E-state index in [1.807, 2.05) is 24.3 Å². The molecule has 1 aromatic heterocycles. The van der Waals surface area contributed by atoms with Crippen LogP contribution in [0, 0.1) is 0 Å². The third-order valence-electron chi connectivity index (χ3n) is 4.26. The Labute approximate surface area is 148 Å². The SMILES string of the molecule is CCOC(=O)C1(O)CCN(C(=O)c2sc3ccccc3c2Cl)CC1. The molecule has 2 heterocycles. The average molecular weight is 368 g/mol. The summed E-state index contributed by atoms with van der Waals surface area (Å²) in [4.78, 5) is 26.7. The first-order valence-electron chi connectivity index (χ1n) is 7.82. The normalized spacial score (nSPS) is 17.0. The van der Waals surface area contributed by atoms with E-state index in [0.29, 0.717) is 23.0 Å². The minimum absolute atomic E-state index is 0.160. The number of ether oxygens (including phenoxy) is 1. The van der Waals surface area contributed by atoms with E-state index in [9.17, 15) is 14.7 Å². The van der Waals surface area contributed by atoms with Crippen LogP contribution in [0.4, 0.5) is 0 Å². The van der Waals surface area contributed by atoms with Crippen LogP contribution in [0.25, 0.3) is 10.1 Å². The molecule has 0 unspecified atom stereocenters. The molecule has 1 fully saturated rings. The first-order valence-corrected chi connectivity index (χ1v) is 9.01. The summed E-state index contributed by atoms with van der Waals surface area (Å²) in [6.45, 7) is 2.50. The van der Waals surface area contributed by atoms with E-state index < -0.39 is 11.6 Å². The molecule has 7 heteroatoms. The van der Waals surface area contributed by atoms with Gasteiger partial charge in [0.05, 0.1) is 11.6 Å². The van der Waals surface area contributed by atoms with Crippen LogP contribution in [0.3, 0.4) is 0 Å². The maximum Gasteiger partial charge on any atom is 0.338 e. The van der Waals surface area contributed by atoms with E-state index in [0.717, 1.165) is 10.1 Å². The molecule has 3 rings (SSSR count). The summed E-state index contributed by atoms with van der Waals surface area (Å²) < 4.78 is 5.88. The van der Waals surface area contributed by atoms with Gasteiger partial charge >= 0.3 is 5.97 Å². The highest BCUT2D eigenvalue weighted by Gasteiger charge is 2.42. The molecule has 5 nitrogen and oxygen atoms in total. The fourth-order valence-electron chi connectivity index (χ4n) is 2.84. The van der Waals surface area contributed by atoms with Crippen molar-refractivity contribution in [2.75, 3.05) is 19.7 Å². The third-order valence-corrected chi connectivity index (χ3v) is 5.93. The van der Waals surface area contributed by atoms with E-state index in [-0.39, 0.29) is 25.4 Å². The van der Waals surface area contributed by atoms with Gasteiger partial charge in [-0.2, -0.15) is 0 Å². The number of nitrogens with zero attached hydrogens (tertiary/aromatic N) is 1. The lowest BCUT2D eigenvalue weighted by Gasteiger charge is -2.36. The monoisotopic (exact) mass is 367 g/mol. The second-order valence-corrected chi connectivity index (χ2v) is 7.22. The molecule has 1 aliphatic rings. The summed E-state index contributed by atoms with van der Waals surface area (Å²) in [6, 6.07) is 7.61. The van der Waals surface area contributed by atoms with Crippen LogP contribution >= 0.6 is 22.9 Å². The zero-order chi connectivity index (χ0) is 17.3. The van der Waals surface area contributed by atoms with Gasteiger partial charge in [-0.1, -0.05) is 29.8 Å². The van der Waals surface area contributed by atoms with Crippen LogP contribution in [-0.4, -0.2) is 47.2 Å². The van der Waals surface area contributed by atoms with Crippen LogP contribution in [0.15, 0.2) is 24.3 Å². The Hall–Kier alpha value is -1.63. The number of aliphatic hydroxyl groups is 1. The summed E-state index contributed by atoms with van der Waals surface area (Å²) in [6.07, 6.45) is 0.334. The van der Waals surface area contributed by atoms with Gasteiger partial charge in [-0.25, -0.2) is 4.79 Å². The van der Waals surface area contributed by atoms with Crippen LogP contribution in [0.2, 0.25) is 5.02 Å². The molecule has 0 spiro atoms. The number of carbonyl (C=O) groups is 2. The van der Waals surface area contributed by atoms with Gasteiger partial charge in [0, 0.05) is 36.0 Å². The second-order valence-electron chi connectivity index (χ2n) is 5.79. The van der Waals surface area contributed by atoms with Crippen LogP contribution in [-0.2, 0) is 9.53 Å². The number of rotatable bonds is 3. The lowest BCUT2D eigenvalue weighted by molar-refractivity contribution is -0.169. The highest BCUT2D eigenvalue weighted by Crippen LogP contribution is 2.36. The first kappa shape index (κ1) is 17.2. The fourth-order valence-corrected chi connectivity index (χ4v) is 4.32. The predicted molar refractivity (Wildman–Crippen MR) is 93.6 cm³/mol. The molecule has 0 aliphatic carbocycles. The maximum atomic E-state index is 12.8. The number of esters is 1. The Morgan fingerprint density at radius 1 is 1.33 bits per heavy atom. The van der Waals surface area contributed by atoms with Gasteiger partial charge in [-0.15, -0.1) is 11.3 Å². The van der Waals surface area contributed by atoms with Crippen LogP contribution in [0.5, 0.6) is 0 Å². The number of amides is 1. The molecule has 0 atom stereocenters. The van der Waals surface area contributed by atoms with Crippen molar-refractivity contribution in [1.82, 2.24) is 4.90 Å². The van der Waals surface area contributed by atoms with Crippen molar-refractivity contribution in [3.8, 4) is 0 Å². The Bertz CT molecular complexity index is 780. The lowest BCUT2D eigenvalue weighted by Crippen LogP contribution is -2.51. The number of piperidine rings is 1. The minimum Gasteiger partial charge on any atom is -0.464 e. The Balaban J connectivity index is 1.75. The number of thiophene rings is 1. The van der Waals surface area contributed by atoms with Crippen molar-refractivity contribution in [2.24, 2.45) is 0 Å². The quantitative estimate of drug-likeness (QED) is 0.846. The number of fused-ring (bicyclic) bond motifs is 1. The largest absolute Gasteiger partial charge is 0.464 e. The smallest absolute Gasteiger partial charge is 0.338 e. The molecule has 0 saturated carbocycles. The Kier molecular flexibility index (Phi) is 4.80. The number of likely N-dealkylation sites (tertiary alicyclic amines) is 1. The Morgan fingerprint density at radius 2 is 2.00 bits per heavy atom. The number of benzene rings is 1. The number of hydrogen-bond donors (Lipinski definition) is 1. The van der Waals surface area contributed by atoms with Crippen molar-refractivity contribution >= 4 is 44.9 Å². The van der Waals surface area contributed by atoms with Crippen LogP contribution < -0.4 is 0 Å². The minimum atomic E-state index is -1.50. The van der Waals surface area contributed by atoms with Gasteiger partial charge in [0.25, 0.3) is 5.91 Å². The van der Waals surface area contributed by atoms with Crippen molar-refractivity contribution < 1.29 is 19.4 Å². The molecule has 0 bridgehead atoms. The van der Waals surface area contributed by atoms with Gasteiger partial charge in [-0.05, 0) is 13.0 Å². The van der Waals surface area contributed by atoms with Crippen molar-refractivity contribution in [2.45, 2.75) is 25.4 Å². The zero-order valence-electron chi connectivity index (χ0n) is 13.3. The molecule has 2 aromatic rings. The number of halogens is 1. The highest BCUT2D eigenvalue weighted by atomic mass is 35.5. The summed E-state index contributed by atoms with van der Waals surface area (Å²) in [5, 5.41) is 11.7. The maximum absolute atomic E-state index is 12.8. The molecule has 1 amide bonds. The van der Waals surface area contributed by atoms with Crippen molar-refractivity contribution in [3.63, 3.8) is 0 Å². The standard InChI is InChI=1S/C17H18ClNO4S/c1-2-23-16(21)17(22)7-9-19(10-8-17)15(20)14-13(18)11-5-3-4-6-12(11)24-14/h3-6,22H,2,7-10H2,1H3. The van der Waals surface area contributed by atoms with E-state index in [1.165, 1.54) is 11.3 Å². The summed E-state index contributed by atoms with van der Waals surface area (Å²) >= 11 is 7.72. The number of carbonyl (C=O) groups excluding carboxylic acids is 2. The van der Waals surface area contributed by atoms with E-state index in [2.05, 4.69) is 0 Å². The van der Waals surface area contributed by atoms with Gasteiger partial charge in [0.1, 0.15) is 4.88 Å². The van der Waals surface area contributed by atoms with Crippen LogP contribution in [0.1, 0.15) is 29.4 Å². The molecule has 1 aromatic carbocycles. The summed E-state index contributed by atoms with van der Waals surface area (Å²) in [5.74, 6) is -0.774. The molecule has 1 aliphatic heterocycles. The average Bonchev–Trinajstić information content (AvgIpc) is 2.92. The Morgan fingerprint density at radius 3 is 2.62 bits per heavy atom. The van der Waals surface area contributed by atoms with Gasteiger partial charge < -0.3 is 14.7 Å². The molecule has 24 heavy (non-hydrogen) atoms. The van der Waals surface area contributed by atoms with Gasteiger partial charge in [0.15, 0.2) is 5.60 Å². The fraction of sp³-hybridized carbons (Fsp3) is 0.412. The highest BCUT2D eigenvalue weighted by molar-refractivity contribution is 7.21. The van der Waals surface area contributed by atoms with Crippen molar-refractivity contribution in [3.05, 3.63) is 34.2 Å². The zero-order valence-corrected chi connectivity index (χ0v) is 14.8. The third kappa shape index (κ3) is 3.01. The van der Waals surface area contributed by atoms with Gasteiger partial charge in [-0.3, -0.25) is 4.79 Å². The number of hydrogen-bond acceptors (Lipinski definition) is 5. The summed E-state index contributed by atoms with van der Waals surface area (Å²) in [7, 11) is 0. The second kappa shape index (κ2) is 6.70. The molecule has 0 radical (unpaired) electrons. The molecule has 1 saturated heterocycles. The first-order chi connectivity index (χ1) is 11.5. The summed E-state index contributed by atoms with van der Waals surface area (Å²) in [5.41, 5.74) is -1.50. The van der Waals surface area contributed by atoms with E-state index in [1.54, 1.807) is 11.8 Å². The molecule has 128 valence electrons. The van der Waals surface area contributed by atoms with Crippen molar-refractivity contribution in [1.29, 1.82) is 0 Å². The topological polar surface area (TPSA) is 66.8 Å². The molecular formula is C17H18ClNO4S. The van der Waals surface area contributed by atoms with E-state index >= 15 is 0 Å². The lowest BCUT2D eigenvalue weighted by atomic mass is 9.91. The predicted octanol–water partition coefficient (Wildman–Crippen LogP) is 3.08. The molecular weight excluding hydrogens is 350 g/mol. The molecule has 1 N–H and O–H groups in total. The van der Waals surface area contributed by atoms with Gasteiger partial charge in [0.2, 0.25) is 0 Å². The van der Waals surface area contributed by atoms with E-state index in [4.69, 9.17) is 16.3 Å².